The molecular weight excluding hydrogens is 442 g/mol. The number of benzene rings is 1. The van der Waals surface area contributed by atoms with Gasteiger partial charge in [-0.1, -0.05) is 103 Å². The molecule has 0 heterocycles. The van der Waals surface area contributed by atoms with Crippen LogP contribution in [0.25, 0.3) is 0 Å². The van der Waals surface area contributed by atoms with E-state index >= 15 is 0 Å². The first kappa shape index (κ1) is 36.2. The van der Waals surface area contributed by atoms with Crippen LogP contribution in [0.15, 0.2) is 60.5 Å². The van der Waals surface area contributed by atoms with Gasteiger partial charge >= 0.3 is 0 Å². The Hall–Kier alpha value is -1.97. The van der Waals surface area contributed by atoms with Gasteiger partial charge in [0.25, 0.3) is 0 Å². The van der Waals surface area contributed by atoms with Crippen molar-refractivity contribution in [3.8, 4) is 0 Å². The van der Waals surface area contributed by atoms with Crippen molar-refractivity contribution in [1.82, 2.24) is 0 Å². The molecule has 1 aromatic rings. The summed E-state index contributed by atoms with van der Waals surface area (Å²) >= 11 is 0. The van der Waals surface area contributed by atoms with Gasteiger partial charge in [-0.15, -0.1) is 0 Å². The molecule has 2 fully saturated rings. The third-order valence-electron chi connectivity index (χ3n) is 6.98. The third-order valence-corrected chi connectivity index (χ3v) is 6.98. The summed E-state index contributed by atoms with van der Waals surface area (Å²) in [5.74, 6) is 2.98. The highest BCUT2D eigenvalue weighted by atomic mass is 19.1. The highest BCUT2D eigenvalue weighted by molar-refractivity contribution is 6.05. The predicted octanol–water partition coefficient (Wildman–Crippen LogP) is 9.19. The predicted molar refractivity (Wildman–Crippen MR) is 162 cm³/mol. The summed E-state index contributed by atoms with van der Waals surface area (Å²) in [4.78, 5) is 0. The fraction of sp³-hybridized carbons (Fsp3) is 0.625. The Morgan fingerprint density at radius 1 is 0.889 bits per heavy atom. The van der Waals surface area contributed by atoms with Crippen LogP contribution in [0.1, 0.15) is 109 Å². The van der Waals surface area contributed by atoms with Crippen molar-refractivity contribution in [3.05, 3.63) is 71.6 Å². The summed E-state index contributed by atoms with van der Waals surface area (Å²) in [5.41, 5.74) is 15.1. The topological polar surface area (TPSA) is 52.0 Å². The van der Waals surface area contributed by atoms with Gasteiger partial charge in [0.15, 0.2) is 0 Å². The van der Waals surface area contributed by atoms with Crippen LogP contribution in [0.3, 0.4) is 0 Å². The standard InChI is InChI=1S/C21H32.C7H12N2.C2H6.CH3B.CH3F/c1-2-6-17-9-11-19(12-10-17)21-15-13-20(14-16-21)18-7-4-3-5-8-18;1-3-6(8)5-7(9)4-2;3*1-2/h9-12,18,20-21H,2-8,13-16H2,1H3;3-5H,1,8-9H2,2H3;1-2H3;2*1H3/b;6-5+,7-4+;;;. The van der Waals surface area contributed by atoms with Gasteiger partial charge in [0.05, 0.1) is 15.0 Å². The highest BCUT2D eigenvalue weighted by Gasteiger charge is 2.28. The Morgan fingerprint density at radius 3 is 1.83 bits per heavy atom. The lowest BCUT2D eigenvalue weighted by molar-refractivity contribution is 0.186. The average molecular weight is 499 g/mol. The zero-order valence-electron chi connectivity index (χ0n) is 24.4. The van der Waals surface area contributed by atoms with Gasteiger partial charge in [0.2, 0.25) is 0 Å². The van der Waals surface area contributed by atoms with E-state index in [9.17, 15) is 4.39 Å². The highest BCUT2D eigenvalue weighted by Crippen LogP contribution is 2.42. The van der Waals surface area contributed by atoms with E-state index in [1.165, 1.54) is 83.0 Å². The van der Waals surface area contributed by atoms with E-state index in [0.717, 1.165) is 17.8 Å². The number of alkyl halides is 1. The molecule has 2 aliphatic carbocycles. The first-order chi connectivity index (χ1) is 17.6. The third kappa shape index (κ3) is 15.2. The van der Waals surface area contributed by atoms with E-state index < -0.39 is 0 Å². The lowest BCUT2D eigenvalue weighted by Gasteiger charge is -2.36. The molecule has 0 atom stereocenters. The molecule has 2 aliphatic rings. The van der Waals surface area contributed by atoms with E-state index in [1.807, 2.05) is 20.8 Å². The normalized spacial score (nSPS) is 20.0. The molecule has 36 heavy (non-hydrogen) atoms. The van der Waals surface area contributed by atoms with E-state index in [0.29, 0.717) is 18.6 Å². The maximum Gasteiger partial charge on any atom is 0.0785 e. The summed E-state index contributed by atoms with van der Waals surface area (Å²) in [5, 5.41) is 0. The molecule has 0 amide bonds. The maximum atomic E-state index is 9.50. The monoisotopic (exact) mass is 498 g/mol. The Labute approximate surface area is 225 Å². The lowest BCUT2D eigenvalue weighted by atomic mass is 9.70. The molecule has 204 valence electrons. The minimum atomic E-state index is 0.500. The van der Waals surface area contributed by atoms with Gasteiger partial charge in [-0.25, -0.2) is 0 Å². The summed E-state index contributed by atoms with van der Waals surface area (Å²) in [6, 6.07) is 9.56. The SMILES string of the molecule is C=C/C(N)=C\C(N)=C/C.CC.CCCc1ccc(C2CCC(C3CCCCC3)CC2)cc1.CF.[B]C. The van der Waals surface area contributed by atoms with Crippen LogP contribution in [-0.4, -0.2) is 15.0 Å². The van der Waals surface area contributed by atoms with Crippen molar-refractivity contribution >= 4 is 7.85 Å². The van der Waals surface area contributed by atoms with E-state index in [1.54, 1.807) is 23.8 Å². The van der Waals surface area contributed by atoms with Crippen molar-refractivity contribution in [2.45, 2.75) is 111 Å². The zero-order valence-corrected chi connectivity index (χ0v) is 24.4. The average Bonchev–Trinajstić information content (AvgIpc) is 2.97. The molecule has 4 N–H and O–H groups in total. The number of rotatable bonds is 6. The second-order valence-electron chi connectivity index (χ2n) is 9.14. The molecular formula is C32H56BFN2. The molecule has 3 rings (SSSR count). The fourth-order valence-electron chi connectivity index (χ4n) is 5.11. The minimum Gasteiger partial charge on any atom is -0.399 e. The minimum absolute atomic E-state index is 0.500. The molecule has 2 radical (unpaired) electrons. The number of nitrogens with two attached hydrogens (primary N) is 2. The molecule has 0 spiro atoms. The number of allylic oxidation sites excluding steroid dienone is 3. The van der Waals surface area contributed by atoms with Crippen LogP contribution in [0.5, 0.6) is 0 Å². The quantitative estimate of drug-likeness (QED) is 0.303. The Morgan fingerprint density at radius 2 is 1.39 bits per heavy atom. The second kappa shape index (κ2) is 24.7. The van der Waals surface area contributed by atoms with Crippen LogP contribution in [-0.2, 0) is 6.42 Å². The van der Waals surface area contributed by atoms with Crippen molar-refractivity contribution in [2.24, 2.45) is 23.3 Å². The second-order valence-corrected chi connectivity index (χ2v) is 9.14. The summed E-state index contributed by atoms with van der Waals surface area (Å²) in [6.45, 7) is 13.1. The van der Waals surface area contributed by atoms with Crippen LogP contribution >= 0.6 is 0 Å². The van der Waals surface area contributed by atoms with Gasteiger partial charge in [-0.05, 0) is 80.1 Å². The maximum absolute atomic E-state index is 9.50. The number of halogens is 1. The molecule has 0 aliphatic heterocycles. The lowest BCUT2D eigenvalue weighted by Crippen LogP contribution is -2.23. The Balaban J connectivity index is 0. The van der Waals surface area contributed by atoms with Crippen molar-refractivity contribution < 1.29 is 4.39 Å². The molecule has 0 aromatic heterocycles. The van der Waals surface area contributed by atoms with Gasteiger partial charge in [0, 0.05) is 11.4 Å². The summed E-state index contributed by atoms with van der Waals surface area (Å²) < 4.78 is 9.50. The van der Waals surface area contributed by atoms with E-state index in [4.69, 9.17) is 11.5 Å². The smallest absolute Gasteiger partial charge is 0.0785 e. The number of hydrogen-bond donors (Lipinski definition) is 2. The fourth-order valence-corrected chi connectivity index (χ4v) is 5.11. The molecule has 0 unspecified atom stereocenters. The van der Waals surface area contributed by atoms with Gasteiger partial charge < -0.3 is 11.5 Å². The molecule has 2 nitrogen and oxygen atoms in total. The summed E-state index contributed by atoms with van der Waals surface area (Å²) in [7, 11) is 5.00. The first-order valence-electron chi connectivity index (χ1n) is 14.1. The molecule has 1 aromatic carbocycles. The van der Waals surface area contributed by atoms with Crippen molar-refractivity contribution in [2.75, 3.05) is 7.18 Å². The van der Waals surface area contributed by atoms with Crippen LogP contribution in [0.4, 0.5) is 4.39 Å². The van der Waals surface area contributed by atoms with Crippen molar-refractivity contribution in [1.29, 1.82) is 0 Å². The van der Waals surface area contributed by atoms with Crippen molar-refractivity contribution in [3.63, 3.8) is 0 Å². The Kier molecular flexibility index (Phi) is 24.8. The van der Waals surface area contributed by atoms with E-state index in [-0.39, 0.29) is 0 Å². The van der Waals surface area contributed by atoms with Crippen LogP contribution in [0.2, 0.25) is 6.82 Å². The van der Waals surface area contributed by atoms with E-state index in [2.05, 4.69) is 45.6 Å². The van der Waals surface area contributed by atoms with Crippen LogP contribution < -0.4 is 11.5 Å². The van der Waals surface area contributed by atoms with Gasteiger partial charge in [-0.3, -0.25) is 4.39 Å². The largest absolute Gasteiger partial charge is 0.399 e. The molecule has 2 saturated carbocycles. The molecule has 0 saturated heterocycles. The van der Waals surface area contributed by atoms with Gasteiger partial charge in [0.1, 0.15) is 0 Å². The number of aryl methyl sites for hydroxylation is 1. The van der Waals surface area contributed by atoms with Crippen LogP contribution in [0, 0.1) is 11.8 Å². The molecule has 0 bridgehead atoms. The summed E-state index contributed by atoms with van der Waals surface area (Å²) in [6.07, 6.45) is 20.9. The first-order valence-corrected chi connectivity index (χ1v) is 14.1. The van der Waals surface area contributed by atoms with Gasteiger partial charge in [-0.2, -0.15) is 0 Å². The Bertz CT molecular complexity index is 683. The number of hydrogen-bond acceptors (Lipinski definition) is 2. The molecule has 4 heteroatoms. The zero-order chi connectivity index (χ0) is 27.8.